The van der Waals surface area contributed by atoms with Crippen molar-refractivity contribution in [3.05, 3.63) is 0 Å². The van der Waals surface area contributed by atoms with Crippen LogP contribution in [0, 0.1) is 0 Å². The Bertz CT molecular complexity index is 121. The summed E-state index contributed by atoms with van der Waals surface area (Å²) in [4.78, 5) is 20.7. The zero-order chi connectivity index (χ0) is 5.98. The maximum Gasteiger partial charge on any atom is 1.00 e. The van der Waals surface area contributed by atoms with Crippen LogP contribution in [0.15, 0.2) is 0 Å². The number of carbonyl (C=O) groups excluding carboxylic acids is 2. The molecular formula is C5H7NNaO2+. The molecule has 9 heavy (non-hydrogen) atoms. The summed E-state index contributed by atoms with van der Waals surface area (Å²) in [6.45, 7) is 0. The SMILES string of the molecule is O=C1CCCC(=O)N1.[Na+]. The zero-order valence-electron chi connectivity index (χ0n) is 5.44. The molecule has 1 aliphatic rings. The van der Waals surface area contributed by atoms with Crippen molar-refractivity contribution in [2.75, 3.05) is 0 Å². The number of rotatable bonds is 0. The number of nitrogens with one attached hydrogen (secondary N) is 1. The number of hydrogen-bond acceptors (Lipinski definition) is 2. The van der Waals surface area contributed by atoms with Crippen LogP contribution in [0.25, 0.3) is 0 Å². The van der Waals surface area contributed by atoms with Crippen LogP contribution < -0.4 is 34.9 Å². The Morgan fingerprint density at radius 2 is 1.56 bits per heavy atom. The number of imide groups is 1. The molecule has 0 aromatic rings. The van der Waals surface area contributed by atoms with E-state index in [1.807, 2.05) is 0 Å². The van der Waals surface area contributed by atoms with Crippen LogP contribution in [0.1, 0.15) is 19.3 Å². The largest absolute Gasteiger partial charge is 1.00 e. The summed E-state index contributed by atoms with van der Waals surface area (Å²) in [6.07, 6.45) is 1.72. The third kappa shape index (κ3) is 2.98. The minimum absolute atomic E-state index is 0. The van der Waals surface area contributed by atoms with E-state index in [0.29, 0.717) is 19.3 Å². The second kappa shape index (κ2) is 4.04. The molecule has 0 atom stereocenters. The van der Waals surface area contributed by atoms with Gasteiger partial charge in [-0.1, -0.05) is 0 Å². The van der Waals surface area contributed by atoms with Crippen molar-refractivity contribution in [3.8, 4) is 0 Å². The van der Waals surface area contributed by atoms with E-state index in [0.717, 1.165) is 0 Å². The first-order chi connectivity index (χ1) is 3.79. The van der Waals surface area contributed by atoms with Crippen LogP contribution in [0.3, 0.4) is 0 Å². The van der Waals surface area contributed by atoms with Crippen LogP contribution in [0.2, 0.25) is 0 Å². The van der Waals surface area contributed by atoms with Crippen LogP contribution in [-0.4, -0.2) is 11.8 Å². The molecule has 0 aliphatic carbocycles. The van der Waals surface area contributed by atoms with Crippen LogP contribution in [0.5, 0.6) is 0 Å². The van der Waals surface area contributed by atoms with Crippen molar-refractivity contribution in [1.29, 1.82) is 0 Å². The fraction of sp³-hybridized carbons (Fsp3) is 0.600. The third-order valence-corrected chi connectivity index (χ3v) is 1.09. The van der Waals surface area contributed by atoms with E-state index in [9.17, 15) is 9.59 Å². The molecule has 1 saturated heterocycles. The minimum atomic E-state index is -0.138. The molecule has 0 radical (unpaired) electrons. The smallest absolute Gasteiger partial charge is 0.296 e. The van der Waals surface area contributed by atoms with Gasteiger partial charge in [-0.05, 0) is 6.42 Å². The molecule has 0 spiro atoms. The van der Waals surface area contributed by atoms with E-state index in [1.54, 1.807) is 0 Å². The van der Waals surface area contributed by atoms with E-state index in [-0.39, 0.29) is 41.4 Å². The standard InChI is InChI=1S/C5H7NO2.Na/c7-4-2-1-3-5(8)6-4;/h1-3H2,(H,6,7,8);/q;+1. The summed E-state index contributed by atoms with van der Waals surface area (Å²) in [5.74, 6) is -0.275. The molecule has 2 amide bonds. The van der Waals surface area contributed by atoms with Gasteiger partial charge in [0.2, 0.25) is 11.8 Å². The Hall–Kier alpha value is 0.140. The fourth-order valence-corrected chi connectivity index (χ4v) is 0.690. The number of amides is 2. The Balaban J connectivity index is 0.000000640. The van der Waals surface area contributed by atoms with E-state index in [4.69, 9.17) is 0 Å². The second-order valence-electron chi connectivity index (χ2n) is 1.82. The molecule has 1 fully saturated rings. The third-order valence-electron chi connectivity index (χ3n) is 1.09. The summed E-state index contributed by atoms with van der Waals surface area (Å²) < 4.78 is 0. The molecule has 0 bridgehead atoms. The number of hydrogen-bond donors (Lipinski definition) is 1. The topological polar surface area (TPSA) is 46.2 Å². The Morgan fingerprint density at radius 3 is 1.78 bits per heavy atom. The van der Waals surface area contributed by atoms with E-state index in [2.05, 4.69) is 5.32 Å². The average molecular weight is 136 g/mol. The molecule has 0 aromatic heterocycles. The van der Waals surface area contributed by atoms with Gasteiger partial charge in [0, 0.05) is 12.8 Å². The van der Waals surface area contributed by atoms with Crippen molar-refractivity contribution in [2.45, 2.75) is 19.3 Å². The quantitative estimate of drug-likeness (QED) is 0.282. The van der Waals surface area contributed by atoms with Crippen molar-refractivity contribution >= 4 is 11.8 Å². The molecule has 0 saturated carbocycles. The van der Waals surface area contributed by atoms with Gasteiger partial charge in [0.25, 0.3) is 0 Å². The second-order valence-corrected chi connectivity index (χ2v) is 1.82. The molecular weight excluding hydrogens is 129 g/mol. The van der Waals surface area contributed by atoms with Crippen LogP contribution >= 0.6 is 0 Å². The predicted molar refractivity (Wildman–Crippen MR) is 27.0 cm³/mol. The summed E-state index contributed by atoms with van der Waals surface area (Å²) in [6, 6.07) is 0. The fourth-order valence-electron chi connectivity index (χ4n) is 0.690. The summed E-state index contributed by atoms with van der Waals surface area (Å²) >= 11 is 0. The summed E-state index contributed by atoms with van der Waals surface area (Å²) in [5.41, 5.74) is 0. The van der Waals surface area contributed by atoms with Gasteiger partial charge < -0.3 is 0 Å². The van der Waals surface area contributed by atoms with Crippen molar-refractivity contribution in [3.63, 3.8) is 0 Å². The Kier molecular flexibility index (Phi) is 4.10. The van der Waals surface area contributed by atoms with Crippen molar-refractivity contribution in [2.24, 2.45) is 0 Å². The first-order valence-corrected chi connectivity index (χ1v) is 2.62. The van der Waals surface area contributed by atoms with Gasteiger partial charge in [0.15, 0.2) is 0 Å². The van der Waals surface area contributed by atoms with Gasteiger partial charge in [-0.2, -0.15) is 0 Å². The molecule has 0 unspecified atom stereocenters. The molecule has 4 heteroatoms. The Morgan fingerprint density at radius 1 is 1.11 bits per heavy atom. The normalized spacial score (nSPS) is 18.2. The molecule has 1 aliphatic heterocycles. The summed E-state index contributed by atoms with van der Waals surface area (Å²) in [7, 11) is 0. The van der Waals surface area contributed by atoms with E-state index in [1.165, 1.54) is 0 Å². The van der Waals surface area contributed by atoms with Gasteiger partial charge in [-0.3, -0.25) is 14.9 Å². The molecule has 44 valence electrons. The first kappa shape index (κ1) is 9.14. The molecule has 1 heterocycles. The molecule has 1 N–H and O–H groups in total. The van der Waals surface area contributed by atoms with Gasteiger partial charge >= 0.3 is 29.6 Å². The van der Waals surface area contributed by atoms with Crippen molar-refractivity contribution < 1.29 is 39.1 Å². The van der Waals surface area contributed by atoms with Gasteiger partial charge in [-0.15, -0.1) is 0 Å². The van der Waals surface area contributed by atoms with E-state index < -0.39 is 0 Å². The number of carbonyl (C=O) groups is 2. The van der Waals surface area contributed by atoms with Gasteiger partial charge in [0.1, 0.15) is 0 Å². The monoisotopic (exact) mass is 136 g/mol. The number of piperidine rings is 1. The van der Waals surface area contributed by atoms with Crippen LogP contribution in [-0.2, 0) is 9.59 Å². The average Bonchev–Trinajstić information content (AvgIpc) is 1.64. The zero-order valence-corrected chi connectivity index (χ0v) is 7.44. The first-order valence-electron chi connectivity index (χ1n) is 2.62. The van der Waals surface area contributed by atoms with Crippen molar-refractivity contribution in [1.82, 2.24) is 5.32 Å². The minimum Gasteiger partial charge on any atom is -0.296 e. The Labute approximate surface area is 75.5 Å². The van der Waals surface area contributed by atoms with Crippen LogP contribution in [0.4, 0.5) is 0 Å². The summed E-state index contributed by atoms with van der Waals surface area (Å²) in [5, 5.41) is 2.20. The maximum atomic E-state index is 10.3. The maximum absolute atomic E-state index is 10.3. The molecule has 3 nitrogen and oxygen atoms in total. The van der Waals surface area contributed by atoms with E-state index >= 15 is 0 Å². The predicted octanol–water partition coefficient (Wildman–Crippen LogP) is -3.18. The molecule has 0 aromatic carbocycles. The van der Waals surface area contributed by atoms with Gasteiger partial charge in [0.05, 0.1) is 0 Å². The molecule has 1 rings (SSSR count). The van der Waals surface area contributed by atoms with Gasteiger partial charge in [-0.25, -0.2) is 0 Å².